The molecule has 0 saturated carbocycles. The third-order valence-corrected chi connectivity index (χ3v) is 9.73. The van der Waals surface area contributed by atoms with Crippen molar-refractivity contribution in [2.24, 2.45) is 5.92 Å². The van der Waals surface area contributed by atoms with Crippen molar-refractivity contribution in [1.82, 2.24) is 9.13 Å². The van der Waals surface area contributed by atoms with Crippen LogP contribution >= 0.6 is 11.3 Å². The summed E-state index contributed by atoms with van der Waals surface area (Å²) >= 11 is 1.88. The summed E-state index contributed by atoms with van der Waals surface area (Å²) in [6.07, 6.45) is 8.12. The predicted molar refractivity (Wildman–Crippen MR) is 174 cm³/mol. The number of fused-ring (bicyclic) bond motifs is 9. The van der Waals surface area contributed by atoms with E-state index in [4.69, 9.17) is 0 Å². The molecule has 0 radical (unpaired) electrons. The number of aromatic nitrogens is 2. The van der Waals surface area contributed by atoms with Crippen LogP contribution in [0.1, 0.15) is 13.3 Å². The molecule has 2 nitrogen and oxygen atoms in total. The quantitative estimate of drug-likeness (QED) is 0.210. The summed E-state index contributed by atoms with van der Waals surface area (Å²) < 4.78 is 7.59. The molecule has 1 unspecified atom stereocenters. The molecule has 0 bridgehead atoms. The van der Waals surface area contributed by atoms with Crippen molar-refractivity contribution in [3.05, 3.63) is 121 Å². The number of allylic oxidation sites excluding steroid dienone is 4. The van der Waals surface area contributed by atoms with Crippen molar-refractivity contribution < 1.29 is 0 Å². The van der Waals surface area contributed by atoms with Gasteiger partial charge in [-0.3, -0.25) is 0 Å². The number of nitrogens with zero attached hydrogens (tertiary/aromatic N) is 2. The van der Waals surface area contributed by atoms with Crippen molar-refractivity contribution >= 4 is 80.8 Å². The van der Waals surface area contributed by atoms with E-state index in [9.17, 15) is 0 Å². The van der Waals surface area contributed by atoms with Gasteiger partial charge in [-0.15, -0.1) is 11.3 Å². The average Bonchev–Trinajstić information content (AvgIpc) is 3.63. The standard InChI is InChI=1S/C37H26N2S/c1-23-9-8-10-24(19-23)38-32-14-5-2-11-26(32)30-22-35-31(21-34(30)38)27-12-3-6-15-33(27)39(35)25-17-18-29-28-13-4-7-16-36(28)40-37(29)20-25/h2-8,10-23H,9H2,1H3. The van der Waals surface area contributed by atoms with E-state index in [2.05, 4.69) is 137 Å². The monoisotopic (exact) mass is 530 g/mol. The maximum Gasteiger partial charge on any atom is 0.0548 e. The van der Waals surface area contributed by atoms with Gasteiger partial charge in [0.25, 0.3) is 0 Å². The second-order valence-corrected chi connectivity index (χ2v) is 12.2. The maximum atomic E-state index is 2.46. The molecule has 190 valence electrons. The summed E-state index contributed by atoms with van der Waals surface area (Å²) in [5.41, 5.74) is 7.49. The topological polar surface area (TPSA) is 9.86 Å². The lowest BCUT2D eigenvalue weighted by Crippen LogP contribution is -2.01. The van der Waals surface area contributed by atoms with Gasteiger partial charge in [0.15, 0.2) is 0 Å². The van der Waals surface area contributed by atoms with Gasteiger partial charge in [0.2, 0.25) is 0 Å². The van der Waals surface area contributed by atoms with Crippen molar-refractivity contribution in [2.75, 3.05) is 0 Å². The molecule has 1 aliphatic rings. The summed E-state index contributed by atoms with van der Waals surface area (Å²) in [6.45, 7) is 2.30. The smallest absolute Gasteiger partial charge is 0.0548 e. The Morgan fingerprint density at radius 1 is 0.575 bits per heavy atom. The highest BCUT2D eigenvalue weighted by molar-refractivity contribution is 7.25. The largest absolute Gasteiger partial charge is 0.310 e. The van der Waals surface area contributed by atoms with Crippen LogP contribution in [0.25, 0.3) is 75.2 Å². The SMILES string of the molecule is CC1C=C(n2c3ccccc3c3cc4c(cc32)c2ccccc2n4-c2ccc3c(c2)sc2ccccc23)C=CC1. The Kier molecular flexibility index (Phi) is 4.56. The van der Waals surface area contributed by atoms with E-state index in [0.29, 0.717) is 5.92 Å². The first-order valence-corrected chi connectivity index (χ1v) is 14.8. The molecule has 0 aliphatic heterocycles. The first-order chi connectivity index (χ1) is 19.7. The van der Waals surface area contributed by atoms with E-state index in [0.717, 1.165) is 6.42 Å². The van der Waals surface area contributed by atoms with Gasteiger partial charge in [0.05, 0.1) is 22.1 Å². The molecule has 0 amide bonds. The summed E-state index contributed by atoms with van der Waals surface area (Å²) in [6, 6.07) is 38.2. The molecule has 1 aliphatic carbocycles. The number of benzene rings is 5. The number of para-hydroxylation sites is 2. The second-order valence-electron chi connectivity index (χ2n) is 11.1. The number of rotatable bonds is 2. The minimum Gasteiger partial charge on any atom is -0.310 e. The van der Waals surface area contributed by atoms with Crippen molar-refractivity contribution in [1.29, 1.82) is 0 Å². The fourth-order valence-electron chi connectivity index (χ4n) is 6.81. The van der Waals surface area contributed by atoms with Gasteiger partial charge in [-0.25, -0.2) is 0 Å². The third-order valence-electron chi connectivity index (χ3n) is 8.60. The Labute approximate surface area is 235 Å². The minimum absolute atomic E-state index is 0.533. The van der Waals surface area contributed by atoms with Gasteiger partial charge in [-0.1, -0.05) is 79.7 Å². The zero-order chi connectivity index (χ0) is 26.4. The van der Waals surface area contributed by atoms with Crippen LogP contribution < -0.4 is 0 Å². The second kappa shape index (κ2) is 8.20. The lowest BCUT2D eigenvalue weighted by molar-refractivity contribution is 0.735. The molecular weight excluding hydrogens is 504 g/mol. The summed E-state index contributed by atoms with van der Waals surface area (Å²) in [5, 5.41) is 7.84. The number of thiophene rings is 1. The van der Waals surface area contributed by atoms with Crippen LogP contribution in [0.4, 0.5) is 0 Å². The highest BCUT2D eigenvalue weighted by Gasteiger charge is 2.19. The normalized spacial score (nSPS) is 15.8. The molecule has 9 rings (SSSR count). The van der Waals surface area contributed by atoms with Gasteiger partial charge >= 0.3 is 0 Å². The average molecular weight is 531 g/mol. The maximum absolute atomic E-state index is 2.46. The van der Waals surface area contributed by atoms with Gasteiger partial charge in [0.1, 0.15) is 0 Å². The Balaban J connectivity index is 1.39. The van der Waals surface area contributed by atoms with Crippen LogP contribution in [-0.2, 0) is 0 Å². The van der Waals surface area contributed by atoms with Crippen LogP contribution in [0.15, 0.2) is 121 Å². The van der Waals surface area contributed by atoms with Crippen LogP contribution in [0.2, 0.25) is 0 Å². The molecule has 1 atom stereocenters. The molecule has 40 heavy (non-hydrogen) atoms. The molecule has 3 heteroatoms. The van der Waals surface area contributed by atoms with Crippen molar-refractivity contribution in [3.63, 3.8) is 0 Å². The lowest BCUT2D eigenvalue weighted by atomic mass is 10.0. The van der Waals surface area contributed by atoms with Crippen molar-refractivity contribution in [2.45, 2.75) is 13.3 Å². The Morgan fingerprint density at radius 2 is 1.20 bits per heavy atom. The first-order valence-electron chi connectivity index (χ1n) is 14.0. The highest BCUT2D eigenvalue weighted by Crippen LogP contribution is 2.41. The zero-order valence-electron chi connectivity index (χ0n) is 22.1. The summed E-state index contributed by atoms with van der Waals surface area (Å²) in [4.78, 5) is 0. The molecule has 5 aromatic carbocycles. The Hall–Kier alpha value is -4.60. The van der Waals surface area contributed by atoms with E-state index in [1.807, 2.05) is 11.3 Å². The lowest BCUT2D eigenvalue weighted by Gasteiger charge is -2.15. The van der Waals surface area contributed by atoms with E-state index < -0.39 is 0 Å². The molecule has 8 aromatic rings. The summed E-state index contributed by atoms with van der Waals surface area (Å²) in [5.74, 6) is 0.533. The van der Waals surface area contributed by atoms with Gasteiger partial charge < -0.3 is 9.13 Å². The first kappa shape index (κ1) is 22.2. The van der Waals surface area contributed by atoms with Crippen LogP contribution in [0.5, 0.6) is 0 Å². The predicted octanol–water partition coefficient (Wildman–Crippen LogP) is 10.7. The Bertz CT molecular complexity index is 2370. The zero-order valence-corrected chi connectivity index (χ0v) is 23.0. The molecular formula is C37H26N2S. The van der Waals surface area contributed by atoms with E-state index in [1.165, 1.54) is 75.2 Å². The number of hydrogen-bond donors (Lipinski definition) is 0. The molecule has 0 N–H and O–H groups in total. The molecule has 0 spiro atoms. The van der Waals surface area contributed by atoms with Gasteiger partial charge in [-0.2, -0.15) is 0 Å². The van der Waals surface area contributed by atoms with Gasteiger partial charge in [-0.05, 0) is 60.9 Å². The fraction of sp³-hybridized carbons (Fsp3) is 0.0811. The molecule has 3 aromatic heterocycles. The third kappa shape index (κ3) is 3.04. The summed E-state index contributed by atoms with van der Waals surface area (Å²) in [7, 11) is 0. The van der Waals surface area contributed by atoms with Crippen LogP contribution in [0, 0.1) is 5.92 Å². The molecule has 0 fully saturated rings. The van der Waals surface area contributed by atoms with E-state index in [1.54, 1.807) is 0 Å². The fourth-order valence-corrected chi connectivity index (χ4v) is 7.95. The molecule has 3 heterocycles. The molecule has 0 saturated heterocycles. The minimum atomic E-state index is 0.533. The van der Waals surface area contributed by atoms with E-state index in [-0.39, 0.29) is 0 Å². The van der Waals surface area contributed by atoms with E-state index >= 15 is 0 Å². The van der Waals surface area contributed by atoms with Crippen LogP contribution in [0.3, 0.4) is 0 Å². The van der Waals surface area contributed by atoms with Crippen LogP contribution in [-0.4, -0.2) is 9.13 Å². The highest BCUT2D eigenvalue weighted by atomic mass is 32.1. The van der Waals surface area contributed by atoms with Crippen molar-refractivity contribution in [3.8, 4) is 5.69 Å². The van der Waals surface area contributed by atoms with Gasteiger partial charge in [0, 0.05) is 53.1 Å². The number of hydrogen-bond acceptors (Lipinski definition) is 1. The Morgan fingerprint density at radius 3 is 1.95 bits per heavy atom.